The van der Waals surface area contributed by atoms with Gasteiger partial charge in [-0.25, -0.2) is 0 Å². The number of aliphatic hydroxyl groups excluding tert-OH is 2. The van der Waals surface area contributed by atoms with Crippen molar-refractivity contribution in [3.05, 3.63) is 95.2 Å². The van der Waals surface area contributed by atoms with Crippen molar-refractivity contribution in [2.75, 3.05) is 0 Å². The lowest BCUT2D eigenvalue weighted by Gasteiger charge is -2.47. The van der Waals surface area contributed by atoms with E-state index in [9.17, 15) is 10.2 Å². The lowest BCUT2D eigenvalue weighted by Crippen LogP contribution is -2.49. The van der Waals surface area contributed by atoms with E-state index in [0.29, 0.717) is 17.8 Å². The Labute approximate surface area is 263 Å². The van der Waals surface area contributed by atoms with E-state index in [1.54, 1.807) is 0 Å². The molecule has 0 spiro atoms. The van der Waals surface area contributed by atoms with Gasteiger partial charge in [0.25, 0.3) is 0 Å². The van der Waals surface area contributed by atoms with E-state index >= 15 is 0 Å². The average Bonchev–Trinajstić information content (AvgIpc) is 3.23. The highest BCUT2D eigenvalue weighted by Crippen LogP contribution is 2.55. The Hall–Kier alpha value is -2.20. The molecule has 3 nitrogen and oxygen atoms in total. The zero-order valence-electron chi connectivity index (χ0n) is 28.7. The Morgan fingerprint density at radius 1 is 0.651 bits per heavy atom. The molecule has 3 heteroatoms. The first-order valence-electron chi connectivity index (χ1n) is 16.5. The van der Waals surface area contributed by atoms with Gasteiger partial charge in [0.1, 0.15) is 0 Å². The van der Waals surface area contributed by atoms with Crippen molar-refractivity contribution in [2.45, 2.75) is 125 Å². The Morgan fingerprint density at radius 2 is 1.19 bits per heavy atom. The standard InChI is InChI=1S/C40H60O3/c1-28(17-13-18-30(3)21-22-35-32(5)23-33(41)25-38(35,6)7)15-11-12-16-29(2)19-14-20-31(4)36-24-37-39(8,9)26-34(42)27-40(37,10)43-36/h11-22,32-37,41-42H,23-27H2,1-10H3/b12-11+,17-13+,19-14+,22-21+,28-15+,29-16+,30-18+,31-20+/t32?,33?,34?,35-,36?,37?,40+/m0/s1. The summed E-state index contributed by atoms with van der Waals surface area (Å²) in [6.07, 6.45) is 29.9. The maximum atomic E-state index is 10.4. The first-order chi connectivity index (χ1) is 20.0. The van der Waals surface area contributed by atoms with Crippen molar-refractivity contribution in [3.63, 3.8) is 0 Å². The summed E-state index contributed by atoms with van der Waals surface area (Å²) in [5.41, 5.74) is 4.84. The summed E-state index contributed by atoms with van der Waals surface area (Å²) in [6.45, 7) is 22.1. The van der Waals surface area contributed by atoms with E-state index in [0.717, 1.165) is 32.1 Å². The zero-order chi connectivity index (χ0) is 32.0. The van der Waals surface area contributed by atoms with Crippen LogP contribution in [0.25, 0.3) is 0 Å². The fourth-order valence-electron chi connectivity index (χ4n) is 8.09. The summed E-state index contributed by atoms with van der Waals surface area (Å²) in [5, 5.41) is 20.6. The average molecular weight is 589 g/mol. The van der Waals surface area contributed by atoms with Crippen LogP contribution in [0.3, 0.4) is 0 Å². The van der Waals surface area contributed by atoms with Gasteiger partial charge in [0.05, 0.1) is 23.9 Å². The molecule has 0 bridgehead atoms. The van der Waals surface area contributed by atoms with Crippen LogP contribution in [0.4, 0.5) is 0 Å². The number of fused-ring (bicyclic) bond motifs is 1. The topological polar surface area (TPSA) is 49.7 Å². The quantitative estimate of drug-likeness (QED) is 0.264. The molecule has 0 aromatic rings. The molecule has 2 N–H and O–H groups in total. The van der Waals surface area contributed by atoms with E-state index in [4.69, 9.17) is 4.74 Å². The molecule has 0 aromatic carbocycles. The van der Waals surface area contributed by atoms with Crippen LogP contribution in [0.5, 0.6) is 0 Å². The van der Waals surface area contributed by atoms with Gasteiger partial charge in [0.15, 0.2) is 0 Å². The Kier molecular flexibility index (Phi) is 12.1. The Morgan fingerprint density at radius 3 is 1.79 bits per heavy atom. The SMILES string of the molecule is CC(/C=C/C=C(C)/C=C/[C@H]1C(C)CC(O)CC1(C)C)=C\C=C\C=C(C)\C=C\C=C(/C)C1CC2C(C)(C)CC(O)C[C@@]2(C)O1. The van der Waals surface area contributed by atoms with Crippen LogP contribution in [0, 0.1) is 28.6 Å². The minimum absolute atomic E-state index is 0.0931. The molecule has 7 atom stereocenters. The van der Waals surface area contributed by atoms with Gasteiger partial charge in [0.2, 0.25) is 0 Å². The van der Waals surface area contributed by atoms with Gasteiger partial charge < -0.3 is 14.9 Å². The van der Waals surface area contributed by atoms with Crippen molar-refractivity contribution < 1.29 is 14.9 Å². The molecule has 1 heterocycles. The highest BCUT2D eigenvalue weighted by molar-refractivity contribution is 5.31. The van der Waals surface area contributed by atoms with Gasteiger partial charge in [-0.1, -0.05) is 124 Å². The molecule has 1 saturated heterocycles. The normalized spacial score (nSPS) is 36.0. The molecule has 43 heavy (non-hydrogen) atoms. The summed E-state index contributed by atoms with van der Waals surface area (Å²) in [7, 11) is 0. The number of hydrogen-bond donors (Lipinski definition) is 2. The van der Waals surface area contributed by atoms with E-state index < -0.39 is 0 Å². The van der Waals surface area contributed by atoms with Gasteiger partial charge in [0, 0.05) is 6.42 Å². The van der Waals surface area contributed by atoms with Crippen molar-refractivity contribution in [1.29, 1.82) is 0 Å². The van der Waals surface area contributed by atoms with Crippen molar-refractivity contribution in [3.8, 4) is 0 Å². The Balaban J connectivity index is 1.49. The second-order valence-corrected chi connectivity index (χ2v) is 15.4. The maximum Gasteiger partial charge on any atom is 0.0796 e. The van der Waals surface area contributed by atoms with Crippen LogP contribution in [0.2, 0.25) is 0 Å². The molecular weight excluding hydrogens is 528 g/mol. The van der Waals surface area contributed by atoms with Gasteiger partial charge in [-0.3, -0.25) is 0 Å². The number of hydrogen-bond acceptors (Lipinski definition) is 3. The first-order valence-corrected chi connectivity index (χ1v) is 16.5. The molecule has 3 rings (SSSR count). The smallest absolute Gasteiger partial charge is 0.0796 e. The highest BCUT2D eigenvalue weighted by atomic mass is 16.5. The highest BCUT2D eigenvalue weighted by Gasteiger charge is 2.55. The number of ether oxygens (including phenoxy) is 1. The second-order valence-electron chi connectivity index (χ2n) is 15.4. The Bertz CT molecular complexity index is 1200. The minimum atomic E-state index is -0.274. The molecule has 2 saturated carbocycles. The van der Waals surface area contributed by atoms with E-state index in [2.05, 4.69) is 142 Å². The zero-order valence-corrected chi connectivity index (χ0v) is 28.7. The van der Waals surface area contributed by atoms with Gasteiger partial charge in [-0.15, -0.1) is 0 Å². The second kappa shape index (κ2) is 14.7. The van der Waals surface area contributed by atoms with Gasteiger partial charge in [-0.05, 0) is 94.5 Å². The molecule has 0 amide bonds. The van der Waals surface area contributed by atoms with Crippen LogP contribution >= 0.6 is 0 Å². The number of aliphatic hydroxyl groups is 2. The van der Waals surface area contributed by atoms with E-state index in [1.807, 2.05) is 0 Å². The molecular formula is C40H60O3. The molecule has 5 unspecified atom stereocenters. The molecule has 238 valence electrons. The van der Waals surface area contributed by atoms with Crippen LogP contribution < -0.4 is 0 Å². The summed E-state index contributed by atoms with van der Waals surface area (Å²) >= 11 is 0. The van der Waals surface area contributed by atoms with Crippen LogP contribution in [-0.4, -0.2) is 34.1 Å². The third-order valence-electron chi connectivity index (χ3n) is 10.2. The lowest BCUT2D eigenvalue weighted by atomic mass is 9.60. The number of allylic oxidation sites excluding steroid dienone is 15. The van der Waals surface area contributed by atoms with Crippen molar-refractivity contribution in [2.24, 2.45) is 28.6 Å². The molecule has 1 aliphatic heterocycles. The fraction of sp³-hybridized carbons (Fsp3) is 0.600. The lowest BCUT2D eigenvalue weighted by molar-refractivity contribution is -0.122. The van der Waals surface area contributed by atoms with Crippen molar-refractivity contribution >= 4 is 0 Å². The molecule has 0 radical (unpaired) electrons. The predicted molar refractivity (Wildman–Crippen MR) is 184 cm³/mol. The summed E-state index contributed by atoms with van der Waals surface area (Å²) in [5.74, 6) is 1.45. The van der Waals surface area contributed by atoms with Crippen LogP contribution in [0.15, 0.2) is 95.2 Å². The minimum Gasteiger partial charge on any atom is -0.393 e. The third-order valence-corrected chi connectivity index (χ3v) is 10.2. The first kappa shape index (κ1) is 35.3. The van der Waals surface area contributed by atoms with Crippen molar-refractivity contribution in [1.82, 2.24) is 0 Å². The molecule has 2 aliphatic carbocycles. The maximum absolute atomic E-state index is 10.4. The fourth-order valence-corrected chi connectivity index (χ4v) is 8.09. The molecule has 0 aromatic heterocycles. The van der Waals surface area contributed by atoms with Gasteiger partial charge in [-0.2, -0.15) is 0 Å². The largest absolute Gasteiger partial charge is 0.393 e. The van der Waals surface area contributed by atoms with Gasteiger partial charge >= 0.3 is 0 Å². The predicted octanol–water partition coefficient (Wildman–Crippen LogP) is 9.77. The molecule has 3 aliphatic rings. The van der Waals surface area contributed by atoms with Crippen LogP contribution in [0.1, 0.15) is 101 Å². The number of rotatable bonds is 9. The third kappa shape index (κ3) is 9.90. The summed E-state index contributed by atoms with van der Waals surface area (Å²) in [6, 6.07) is 0. The van der Waals surface area contributed by atoms with E-state index in [1.165, 1.54) is 22.3 Å². The monoisotopic (exact) mass is 588 g/mol. The van der Waals surface area contributed by atoms with Crippen LogP contribution in [-0.2, 0) is 4.74 Å². The van der Waals surface area contributed by atoms with E-state index in [-0.39, 0.29) is 34.7 Å². The molecule has 3 fully saturated rings. The summed E-state index contributed by atoms with van der Waals surface area (Å²) < 4.78 is 6.56. The summed E-state index contributed by atoms with van der Waals surface area (Å²) in [4.78, 5) is 0.